The first-order valence-electron chi connectivity index (χ1n) is 8.64. The van der Waals surface area contributed by atoms with Crippen molar-refractivity contribution in [3.8, 4) is 17.0 Å². The zero-order valence-corrected chi connectivity index (χ0v) is 15.0. The average Bonchev–Trinajstić information content (AvgIpc) is 3.01. The standard InChI is InChI=1S/C21H12F6N2O/c22-12-8-17(23)15(18(24)9-12)10-29-20(11-3-1-4-13(30)7-11)14-5-2-6-16(19(14)28-29)21(25,26)27/h1-9,30H,10H2. The van der Waals surface area contributed by atoms with E-state index in [9.17, 15) is 31.4 Å². The van der Waals surface area contributed by atoms with E-state index in [0.29, 0.717) is 17.7 Å². The Balaban J connectivity index is 2.00. The normalized spacial score (nSPS) is 11.9. The lowest BCUT2D eigenvalue weighted by Gasteiger charge is -2.10. The second kappa shape index (κ2) is 7.08. The third kappa shape index (κ3) is 3.47. The number of nitrogens with zero attached hydrogens (tertiary/aromatic N) is 2. The Hall–Kier alpha value is -3.49. The predicted octanol–water partition coefficient (Wildman–Crippen LogP) is 5.89. The van der Waals surface area contributed by atoms with Crippen LogP contribution in [0.4, 0.5) is 26.3 Å². The lowest BCUT2D eigenvalue weighted by atomic mass is 10.0. The van der Waals surface area contributed by atoms with Gasteiger partial charge < -0.3 is 5.11 Å². The number of benzene rings is 3. The van der Waals surface area contributed by atoms with Crippen molar-refractivity contribution >= 4 is 10.9 Å². The van der Waals surface area contributed by atoms with Crippen molar-refractivity contribution in [1.82, 2.24) is 9.78 Å². The fraction of sp³-hybridized carbons (Fsp3) is 0.0952. The van der Waals surface area contributed by atoms with Crippen LogP contribution in [0.5, 0.6) is 5.75 Å². The van der Waals surface area contributed by atoms with Crippen molar-refractivity contribution in [1.29, 1.82) is 0 Å². The Bertz CT molecular complexity index is 1240. The van der Waals surface area contributed by atoms with Crippen molar-refractivity contribution in [2.45, 2.75) is 12.7 Å². The minimum Gasteiger partial charge on any atom is -0.508 e. The molecule has 154 valence electrons. The maximum absolute atomic E-state index is 14.2. The van der Waals surface area contributed by atoms with Crippen molar-refractivity contribution < 1.29 is 31.4 Å². The molecule has 0 aliphatic rings. The molecule has 4 rings (SSSR count). The van der Waals surface area contributed by atoms with E-state index in [2.05, 4.69) is 5.10 Å². The first-order chi connectivity index (χ1) is 14.1. The molecular weight excluding hydrogens is 410 g/mol. The van der Waals surface area contributed by atoms with E-state index in [1.54, 1.807) is 0 Å². The SMILES string of the molecule is Oc1cccc(-c2c3cccc(C(F)(F)F)c3nn2Cc2c(F)cc(F)cc2F)c1. The van der Waals surface area contributed by atoms with E-state index in [1.165, 1.54) is 36.4 Å². The minimum atomic E-state index is -4.71. The highest BCUT2D eigenvalue weighted by molar-refractivity contribution is 5.95. The van der Waals surface area contributed by atoms with E-state index in [-0.39, 0.29) is 16.8 Å². The largest absolute Gasteiger partial charge is 0.508 e. The summed E-state index contributed by atoms with van der Waals surface area (Å²) in [4.78, 5) is 0. The third-order valence-electron chi connectivity index (χ3n) is 4.61. The molecule has 9 heteroatoms. The molecule has 0 fully saturated rings. The van der Waals surface area contributed by atoms with Gasteiger partial charge in [0.1, 0.15) is 28.7 Å². The fourth-order valence-corrected chi connectivity index (χ4v) is 3.33. The number of aromatic nitrogens is 2. The van der Waals surface area contributed by atoms with Crippen LogP contribution in [-0.4, -0.2) is 14.9 Å². The van der Waals surface area contributed by atoms with Gasteiger partial charge in [-0.3, -0.25) is 4.68 Å². The van der Waals surface area contributed by atoms with Crippen LogP contribution in [0.15, 0.2) is 54.6 Å². The zero-order valence-electron chi connectivity index (χ0n) is 15.0. The fourth-order valence-electron chi connectivity index (χ4n) is 3.33. The van der Waals surface area contributed by atoms with E-state index in [0.717, 1.165) is 10.7 Å². The van der Waals surface area contributed by atoms with Crippen LogP contribution >= 0.6 is 0 Å². The molecule has 0 aliphatic heterocycles. The molecule has 0 spiro atoms. The van der Waals surface area contributed by atoms with Crippen molar-refractivity contribution in [2.24, 2.45) is 0 Å². The number of phenolic OH excluding ortho intramolecular Hbond substituents is 1. The van der Waals surface area contributed by atoms with Crippen molar-refractivity contribution in [3.63, 3.8) is 0 Å². The summed E-state index contributed by atoms with van der Waals surface area (Å²) in [5, 5.41) is 13.9. The Morgan fingerprint density at radius 2 is 1.57 bits per heavy atom. The van der Waals surface area contributed by atoms with Crippen LogP contribution in [0.2, 0.25) is 0 Å². The smallest absolute Gasteiger partial charge is 0.418 e. The third-order valence-corrected chi connectivity index (χ3v) is 4.61. The number of hydrogen-bond acceptors (Lipinski definition) is 2. The Morgan fingerprint density at radius 1 is 0.900 bits per heavy atom. The molecule has 0 atom stereocenters. The van der Waals surface area contributed by atoms with Gasteiger partial charge in [0.2, 0.25) is 0 Å². The molecule has 0 bridgehead atoms. The van der Waals surface area contributed by atoms with E-state index < -0.39 is 46.8 Å². The number of halogens is 6. The summed E-state index contributed by atoms with van der Waals surface area (Å²) in [6, 6.07) is 10.1. The summed E-state index contributed by atoms with van der Waals surface area (Å²) in [5.74, 6) is -3.65. The van der Waals surface area contributed by atoms with Gasteiger partial charge in [-0.2, -0.15) is 18.3 Å². The summed E-state index contributed by atoms with van der Waals surface area (Å²) in [6.45, 7) is -0.588. The van der Waals surface area contributed by atoms with Crippen molar-refractivity contribution in [2.75, 3.05) is 0 Å². The maximum Gasteiger partial charge on any atom is 0.418 e. The molecule has 1 N–H and O–H groups in total. The van der Waals surface area contributed by atoms with E-state index in [4.69, 9.17) is 0 Å². The van der Waals surface area contributed by atoms with Gasteiger partial charge in [-0.15, -0.1) is 0 Å². The minimum absolute atomic E-state index is 0.0818. The van der Waals surface area contributed by atoms with Crippen LogP contribution in [0.3, 0.4) is 0 Å². The van der Waals surface area contributed by atoms with Crippen LogP contribution < -0.4 is 0 Å². The molecule has 0 saturated heterocycles. The summed E-state index contributed by atoms with van der Waals surface area (Å²) in [6.07, 6.45) is -4.71. The van der Waals surface area contributed by atoms with Crippen molar-refractivity contribution in [3.05, 3.63) is 83.2 Å². The number of alkyl halides is 3. The molecule has 3 aromatic carbocycles. The lowest BCUT2D eigenvalue weighted by molar-refractivity contribution is -0.136. The van der Waals surface area contributed by atoms with E-state index >= 15 is 0 Å². The van der Waals surface area contributed by atoms with Gasteiger partial charge in [0.25, 0.3) is 0 Å². The van der Waals surface area contributed by atoms with Crippen LogP contribution in [-0.2, 0) is 12.7 Å². The second-order valence-corrected chi connectivity index (χ2v) is 6.60. The maximum atomic E-state index is 14.2. The highest BCUT2D eigenvalue weighted by Crippen LogP contribution is 2.38. The van der Waals surface area contributed by atoms with Gasteiger partial charge in [0, 0.05) is 28.6 Å². The summed E-state index contributed by atoms with van der Waals surface area (Å²) in [7, 11) is 0. The van der Waals surface area contributed by atoms with Crippen LogP contribution in [0, 0.1) is 17.5 Å². The van der Waals surface area contributed by atoms with Gasteiger partial charge >= 0.3 is 6.18 Å². The molecule has 30 heavy (non-hydrogen) atoms. The number of aromatic hydroxyl groups is 1. The van der Waals surface area contributed by atoms with Gasteiger partial charge in [0.15, 0.2) is 0 Å². The van der Waals surface area contributed by atoms with Gasteiger partial charge in [-0.05, 0) is 18.2 Å². The first kappa shape index (κ1) is 19.8. The summed E-state index contributed by atoms with van der Waals surface area (Å²) < 4.78 is 83.0. The lowest BCUT2D eigenvalue weighted by Crippen LogP contribution is -2.09. The molecule has 1 heterocycles. The molecule has 0 aliphatic carbocycles. The summed E-state index contributed by atoms with van der Waals surface area (Å²) in [5.41, 5.74) is -1.57. The highest BCUT2D eigenvalue weighted by Gasteiger charge is 2.34. The highest BCUT2D eigenvalue weighted by atomic mass is 19.4. The topological polar surface area (TPSA) is 38.1 Å². The van der Waals surface area contributed by atoms with Gasteiger partial charge in [0.05, 0.1) is 17.8 Å². The molecule has 0 unspecified atom stereocenters. The predicted molar refractivity (Wildman–Crippen MR) is 97.3 cm³/mol. The van der Waals surface area contributed by atoms with Crippen LogP contribution in [0.25, 0.3) is 22.2 Å². The summed E-state index contributed by atoms with van der Waals surface area (Å²) >= 11 is 0. The number of fused-ring (bicyclic) bond motifs is 1. The first-order valence-corrected chi connectivity index (χ1v) is 8.64. The van der Waals surface area contributed by atoms with Gasteiger partial charge in [-0.1, -0.05) is 24.3 Å². The monoisotopic (exact) mass is 422 g/mol. The Morgan fingerprint density at radius 3 is 2.20 bits per heavy atom. The molecular formula is C21H12F6N2O. The molecule has 0 amide bonds. The van der Waals surface area contributed by atoms with Gasteiger partial charge in [-0.25, -0.2) is 13.2 Å². The molecule has 3 nitrogen and oxygen atoms in total. The number of rotatable bonds is 3. The zero-order chi connectivity index (χ0) is 21.6. The quantitative estimate of drug-likeness (QED) is 0.418. The molecule has 1 aromatic heterocycles. The van der Waals surface area contributed by atoms with E-state index in [1.807, 2.05) is 0 Å². The van der Waals surface area contributed by atoms with Crippen LogP contribution in [0.1, 0.15) is 11.1 Å². The Kier molecular flexibility index (Phi) is 4.68. The molecule has 0 radical (unpaired) electrons. The number of phenols is 1. The molecule has 0 saturated carbocycles. The number of hydrogen-bond donors (Lipinski definition) is 1. The molecule has 4 aromatic rings. The Labute approximate surface area is 165 Å². The second-order valence-electron chi connectivity index (χ2n) is 6.60. The average molecular weight is 422 g/mol.